The van der Waals surface area contributed by atoms with Crippen LogP contribution in [0.5, 0.6) is 0 Å². The molecule has 2 atom stereocenters. The van der Waals surface area contributed by atoms with Gasteiger partial charge in [-0.3, -0.25) is 9.59 Å². The lowest BCUT2D eigenvalue weighted by Gasteiger charge is -2.33. The van der Waals surface area contributed by atoms with Crippen LogP contribution in [-0.2, 0) is 9.59 Å². The van der Waals surface area contributed by atoms with E-state index in [4.69, 9.17) is 0 Å². The Balaban J connectivity index is 2.15. The predicted octanol–water partition coefficient (Wildman–Crippen LogP) is 0.675. The van der Waals surface area contributed by atoms with Gasteiger partial charge in [0.05, 0.1) is 5.92 Å². The van der Waals surface area contributed by atoms with E-state index in [0.717, 1.165) is 12.8 Å². The molecule has 3 nitrogen and oxygen atoms in total. The van der Waals surface area contributed by atoms with Gasteiger partial charge in [0, 0.05) is 18.0 Å². The summed E-state index contributed by atoms with van der Waals surface area (Å²) in [5, 5.41) is 3.39. The van der Waals surface area contributed by atoms with Crippen molar-refractivity contribution in [1.29, 1.82) is 0 Å². The first-order valence-corrected chi connectivity index (χ1v) is 4.85. The van der Waals surface area contributed by atoms with E-state index in [-0.39, 0.29) is 23.1 Å². The van der Waals surface area contributed by atoms with E-state index >= 15 is 0 Å². The Morgan fingerprint density at radius 3 is 2.54 bits per heavy atom. The molecule has 1 spiro atoms. The molecule has 2 rings (SSSR count). The van der Waals surface area contributed by atoms with Gasteiger partial charge in [0.1, 0.15) is 11.6 Å². The normalized spacial score (nSPS) is 36.3. The molecule has 0 aromatic heterocycles. The number of ketones is 2. The average molecular weight is 181 g/mol. The molecule has 0 bridgehead atoms. The van der Waals surface area contributed by atoms with E-state index in [0.29, 0.717) is 6.42 Å². The van der Waals surface area contributed by atoms with Crippen LogP contribution in [0.15, 0.2) is 0 Å². The van der Waals surface area contributed by atoms with Crippen molar-refractivity contribution in [3.8, 4) is 0 Å². The minimum atomic E-state index is -0.397. The lowest BCUT2D eigenvalue weighted by atomic mass is 9.83. The summed E-state index contributed by atoms with van der Waals surface area (Å²) in [6.45, 7) is 3.44. The number of hydrogen-bond donors (Lipinski definition) is 1. The van der Waals surface area contributed by atoms with E-state index in [1.807, 2.05) is 6.92 Å². The lowest BCUT2D eigenvalue weighted by molar-refractivity contribution is -0.135. The molecule has 1 aliphatic heterocycles. The third-order valence-electron chi connectivity index (χ3n) is 3.18. The van der Waals surface area contributed by atoms with E-state index in [1.165, 1.54) is 6.92 Å². The van der Waals surface area contributed by atoms with Gasteiger partial charge < -0.3 is 5.32 Å². The second-order valence-corrected chi connectivity index (χ2v) is 4.44. The van der Waals surface area contributed by atoms with Gasteiger partial charge in [0.25, 0.3) is 0 Å². The summed E-state index contributed by atoms with van der Waals surface area (Å²) in [5.74, 6) is -0.261. The van der Waals surface area contributed by atoms with Crippen LogP contribution in [0.4, 0.5) is 0 Å². The second-order valence-electron chi connectivity index (χ2n) is 4.44. The molecule has 0 aromatic rings. The van der Waals surface area contributed by atoms with Gasteiger partial charge in [-0.25, -0.2) is 0 Å². The zero-order valence-corrected chi connectivity index (χ0v) is 8.09. The summed E-state index contributed by atoms with van der Waals surface area (Å²) in [6, 6.07) is 0.0289. The fraction of sp³-hybridized carbons (Fsp3) is 0.800. The van der Waals surface area contributed by atoms with Crippen LogP contribution in [0.2, 0.25) is 0 Å². The van der Waals surface area contributed by atoms with Crippen molar-refractivity contribution in [3.05, 3.63) is 0 Å². The Kier molecular flexibility index (Phi) is 1.80. The number of rotatable bonds is 1. The highest BCUT2D eigenvalue weighted by Crippen LogP contribution is 2.43. The van der Waals surface area contributed by atoms with Crippen LogP contribution in [-0.4, -0.2) is 23.1 Å². The maximum Gasteiger partial charge on any atom is 0.146 e. The van der Waals surface area contributed by atoms with E-state index in [2.05, 4.69) is 5.32 Å². The molecule has 1 unspecified atom stereocenters. The van der Waals surface area contributed by atoms with Crippen molar-refractivity contribution in [3.63, 3.8) is 0 Å². The first kappa shape index (κ1) is 8.88. The first-order chi connectivity index (χ1) is 6.04. The summed E-state index contributed by atoms with van der Waals surface area (Å²) >= 11 is 0. The molecule has 1 saturated carbocycles. The fourth-order valence-corrected chi connectivity index (χ4v) is 2.39. The molecule has 72 valence electrons. The average Bonchev–Trinajstić information content (AvgIpc) is 2.65. The molecule has 2 aliphatic rings. The third kappa shape index (κ3) is 1.41. The maximum absolute atomic E-state index is 11.6. The predicted molar refractivity (Wildman–Crippen MR) is 48.4 cm³/mol. The number of hydrogen-bond acceptors (Lipinski definition) is 3. The van der Waals surface area contributed by atoms with Crippen LogP contribution >= 0.6 is 0 Å². The van der Waals surface area contributed by atoms with Gasteiger partial charge in [-0.15, -0.1) is 0 Å². The lowest BCUT2D eigenvalue weighted by Crippen LogP contribution is -2.54. The first-order valence-electron chi connectivity index (χ1n) is 4.85. The summed E-state index contributed by atoms with van der Waals surface area (Å²) in [4.78, 5) is 22.8. The Morgan fingerprint density at radius 1 is 1.54 bits per heavy atom. The molecule has 3 heteroatoms. The molecule has 0 radical (unpaired) electrons. The van der Waals surface area contributed by atoms with Crippen molar-refractivity contribution < 1.29 is 9.59 Å². The smallest absolute Gasteiger partial charge is 0.146 e. The molecule has 13 heavy (non-hydrogen) atoms. The molecule has 2 fully saturated rings. The van der Waals surface area contributed by atoms with Crippen LogP contribution in [0, 0.1) is 5.92 Å². The second kappa shape index (κ2) is 2.64. The molecule has 1 aliphatic carbocycles. The number of Topliss-reactive ketones (excluding diaryl/α,β-unsaturated/α-hetero) is 2. The molecular weight excluding hydrogens is 166 g/mol. The highest BCUT2D eigenvalue weighted by atomic mass is 16.2. The molecular formula is C10H15NO2. The van der Waals surface area contributed by atoms with Gasteiger partial charge >= 0.3 is 0 Å². The van der Waals surface area contributed by atoms with Crippen LogP contribution in [0.1, 0.15) is 33.1 Å². The molecule has 1 N–H and O–H groups in total. The Morgan fingerprint density at radius 2 is 2.15 bits per heavy atom. The summed E-state index contributed by atoms with van der Waals surface area (Å²) in [5.41, 5.74) is 0.0858. The summed E-state index contributed by atoms with van der Waals surface area (Å²) < 4.78 is 0. The van der Waals surface area contributed by atoms with E-state index < -0.39 is 5.92 Å². The minimum absolute atomic E-state index is 0.000463. The molecule has 0 aromatic carbocycles. The van der Waals surface area contributed by atoms with Crippen LogP contribution < -0.4 is 5.32 Å². The standard InChI is InChI=1S/C10H15NO2/c1-6-9(7(2)12)8(13)5-10(11-6)3-4-10/h6,9,11H,3-5H2,1-2H3/t6-,9?/m0/s1. The van der Waals surface area contributed by atoms with Crippen molar-refractivity contribution in [2.75, 3.05) is 0 Å². The fourth-order valence-electron chi connectivity index (χ4n) is 2.39. The number of piperidine rings is 1. The van der Waals surface area contributed by atoms with E-state index in [9.17, 15) is 9.59 Å². The monoisotopic (exact) mass is 181 g/mol. The van der Waals surface area contributed by atoms with Gasteiger partial charge in [-0.1, -0.05) is 0 Å². The van der Waals surface area contributed by atoms with Crippen LogP contribution in [0.25, 0.3) is 0 Å². The number of carbonyl (C=O) groups excluding carboxylic acids is 2. The Hall–Kier alpha value is -0.700. The number of nitrogens with one attached hydrogen (secondary N) is 1. The van der Waals surface area contributed by atoms with Crippen molar-refractivity contribution in [2.24, 2.45) is 5.92 Å². The molecule has 1 saturated heterocycles. The Labute approximate surface area is 77.9 Å². The summed E-state index contributed by atoms with van der Waals surface area (Å²) in [6.07, 6.45) is 2.74. The Bertz CT molecular complexity index is 268. The highest BCUT2D eigenvalue weighted by Gasteiger charge is 2.51. The third-order valence-corrected chi connectivity index (χ3v) is 3.18. The largest absolute Gasteiger partial charge is 0.307 e. The summed E-state index contributed by atoms with van der Waals surface area (Å²) in [7, 11) is 0. The van der Waals surface area contributed by atoms with Gasteiger partial charge in [-0.05, 0) is 26.7 Å². The van der Waals surface area contributed by atoms with E-state index in [1.54, 1.807) is 0 Å². The minimum Gasteiger partial charge on any atom is -0.307 e. The number of carbonyl (C=O) groups is 2. The molecule has 0 amide bonds. The van der Waals surface area contributed by atoms with Gasteiger partial charge in [0.2, 0.25) is 0 Å². The van der Waals surface area contributed by atoms with Gasteiger partial charge in [-0.2, -0.15) is 0 Å². The topological polar surface area (TPSA) is 46.2 Å². The quantitative estimate of drug-likeness (QED) is 0.605. The van der Waals surface area contributed by atoms with Crippen molar-refractivity contribution in [1.82, 2.24) is 5.32 Å². The van der Waals surface area contributed by atoms with Crippen LogP contribution in [0.3, 0.4) is 0 Å². The molecule has 1 heterocycles. The highest BCUT2D eigenvalue weighted by molar-refractivity contribution is 6.03. The van der Waals surface area contributed by atoms with Crippen molar-refractivity contribution in [2.45, 2.75) is 44.7 Å². The SMILES string of the molecule is CC(=O)C1C(=O)CC2(CC2)N[C@H]1C. The zero-order chi connectivity index (χ0) is 9.64. The zero-order valence-electron chi connectivity index (χ0n) is 8.09. The van der Waals surface area contributed by atoms with Crippen molar-refractivity contribution >= 4 is 11.6 Å². The maximum atomic E-state index is 11.6. The van der Waals surface area contributed by atoms with Gasteiger partial charge in [0.15, 0.2) is 0 Å².